The third-order valence-electron chi connectivity index (χ3n) is 3.03. The van der Waals surface area contributed by atoms with Gasteiger partial charge in [-0.25, -0.2) is 4.39 Å². The number of thioether (sulfide) groups is 1. The molecule has 0 aliphatic carbocycles. The van der Waals surface area contributed by atoms with Crippen molar-refractivity contribution >= 4 is 23.5 Å². The Labute approximate surface area is 146 Å². The molecule has 0 aromatic heterocycles. The third-order valence-corrected chi connectivity index (χ3v) is 3.77. The Bertz CT molecular complexity index is 667. The number of hydrogen-bond donors (Lipinski definition) is 0. The second-order valence-corrected chi connectivity index (χ2v) is 6.34. The van der Waals surface area contributed by atoms with Crippen molar-refractivity contribution in [3.05, 3.63) is 66.0 Å². The molecule has 0 saturated carbocycles. The van der Waals surface area contributed by atoms with Gasteiger partial charge >= 0.3 is 5.97 Å². The fourth-order valence-corrected chi connectivity index (χ4v) is 2.32. The highest BCUT2D eigenvalue weighted by Crippen LogP contribution is 2.20. The number of ketones is 1. The zero-order valence-electron chi connectivity index (χ0n) is 14.2. The summed E-state index contributed by atoms with van der Waals surface area (Å²) >= 11 is 1.61. The Kier molecular flexibility index (Phi) is 7.65. The van der Waals surface area contributed by atoms with Crippen LogP contribution in [0, 0.1) is 5.82 Å². The number of benzene rings is 2. The predicted molar refractivity (Wildman–Crippen MR) is 94.8 cm³/mol. The molecule has 0 heterocycles. The number of halogens is 1. The summed E-state index contributed by atoms with van der Waals surface area (Å²) in [6, 6.07) is 15.2. The Hall–Kier alpha value is -2.14. The van der Waals surface area contributed by atoms with Gasteiger partial charge in [0.2, 0.25) is 5.78 Å². The number of carbonyl (C=O) groups excluding carboxylic acids is 2. The number of carbonyl (C=O) groups is 2. The standard InChI is InChI=1S/C13H16O3S.C6H5F/c1-9(14)16-13(2,3)12(15)10-5-7-11(17-4)8-6-10;7-6-4-2-1-3-5-6/h5-8H,1-4H3;1-5H. The molecule has 0 aliphatic rings. The van der Waals surface area contributed by atoms with Gasteiger partial charge in [-0.05, 0) is 44.4 Å². The molecule has 0 amide bonds. The second-order valence-electron chi connectivity index (χ2n) is 5.46. The van der Waals surface area contributed by atoms with Gasteiger partial charge in [-0.2, -0.15) is 0 Å². The van der Waals surface area contributed by atoms with Crippen molar-refractivity contribution in [3.63, 3.8) is 0 Å². The summed E-state index contributed by atoms with van der Waals surface area (Å²) in [5.74, 6) is -0.827. The molecule has 128 valence electrons. The van der Waals surface area contributed by atoms with E-state index in [-0.39, 0.29) is 11.6 Å². The second kappa shape index (κ2) is 9.23. The van der Waals surface area contributed by atoms with Crippen LogP contribution in [0.1, 0.15) is 31.1 Å². The average Bonchev–Trinajstić information content (AvgIpc) is 2.54. The summed E-state index contributed by atoms with van der Waals surface area (Å²) in [4.78, 5) is 24.1. The van der Waals surface area contributed by atoms with Crippen LogP contribution in [0.4, 0.5) is 4.39 Å². The average molecular weight is 348 g/mol. The minimum absolute atomic E-state index is 0.178. The number of ether oxygens (including phenoxy) is 1. The fraction of sp³-hybridized carbons (Fsp3) is 0.263. The molecule has 2 aromatic carbocycles. The van der Waals surface area contributed by atoms with Gasteiger partial charge in [0.1, 0.15) is 5.82 Å². The van der Waals surface area contributed by atoms with Crippen molar-refractivity contribution in [2.75, 3.05) is 6.26 Å². The van der Waals surface area contributed by atoms with Crippen LogP contribution in [0.15, 0.2) is 59.5 Å². The lowest BCUT2D eigenvalue weighted by molar-refractivity contribution is -0.149. The van der Waals surface area contributed by atoms with Crippen molar-refractivity contribution in [3.8, 4) is 0 Å². The van der Waals surface area contributed by atoms with Gasteiger partial charge < -0.3 is 4.74 Å². The number of Topliss-reactive ketones (excluding diaryl/α,β-unsaturated/α-hetero) is 1. The molecule has 5 heteroatoms. The number of hydrogen-bond acceptors (Lipinski definition) is 4. The van der Waals surface area contributed by atoms with Crippen LogP contribution in [-0.4, -0.2) is 23.6 Å². The van der Waals surface area contributed by atoms with Gasteiger partial charge in [0, 0.05) is 17.4 Å². The maximum absolute atomic E-state index is 12.1. The van der Waals surface area contributed by atoms with Gasteiger partial charge in [-0.1, -0.05) is 30.3 Å². The lowest BCUT2D eigenvalue weighted by Gasteiger charge is -2.22. The lowest BCUT2D eigenvalue weighted by Crippen LogP contribution is -2.36. The molecular weight excluding hydrogens is 327 g/mol. The summed E-state index contributed by atoms with van der Waals surface area (Å²) < 4.78 is 16.9. The van der Waals surface area contributed by atoms with Crippen molar-refractivity contribution in [1.82, 2.24) is 0 Å². The van der Waals surface area contributed by atoms with Crippen LogP contribution in [0.2, 0.25) is 0 Å². The Morgan fingerprint density at radius 3 is 1.92 bits per heavy atom. The molecule has 0 saturated heterocycles. The molecule has 2 aromatic rings. The topological polar surface area (TPSA) is 43.4 Å². The van der Waals surface area contributed by atoms with Crippen LogP contribution in [0.5, 0.6) is 0 Å². The quantitative estimate of drug-likeness (QED) is 0.454. The third kappa shape index (κ3) is 6.54. The smallest absolute Gasteiger partial charge is 0.303 e. The number of rotatable bonds is 4. The van der Waals surface area contributed by atoms with E-state index in [1.54, 1.807) is 55.9 Å². The minimum atomic E-state index is -1.12. The van der Waals surface area contributed by atoms with E-state index in [0.29, 0.717) is 5.56 Å². The fourth-order valence-electron chi connectivity index (χ4n) is 1.91. The van der Waals surface area contributed by atoms with E-state index in [9.17, 15) is 14.0 Å². The van der Waals surface area contributed by atoms with Crippen molar-refractivity contribution in [2.45, 2.75) is 31.3 Å². The SMILES string of the molecule is CSc1ccc(C(=O)C(C)(C)OC(C)=O)cc1.Fc1ccccc1. The largest absolute Gasteiger partial charge is 0.451 e. The molecule has 3 nitrogen and oxygen atoms in total. The predicted octanol–water partition coefficient (Wildman–Crippen LogP) is 4.76. The van der Waals surface area contributed by atoms with Gasteiger partial charge in [0.05, 0.1) is 0 Å². The van der Waals surface area contributed by atoms with Gasteiger partial charge in [-0.3, -0.25) is 9.59 Å². The highest BCUT2D eigenvalue weighted by atomic mass is 32.2. The summed E-state index contributed by atoms with van der Waals surface area (Å²) in [6.07, 6.45) is 1.97. The summed E-state index contributed by atoms with van der Waals surface area (Å²) in [7, 11) is 0. The van der Waals surface area contributed by atoms with E-state index >= 15 is 0 Å². The van der Waals surface area contributed by atoms with E-state index in [4.69, 9.17) is 4.74 Å². The lowest BCUT2D eigenvalue weighted by atomic mass is 9.96. The normalized spacial score (nSPS) is 10.4. The molecule has 0 spiro atoms. The first-order valence-corrected chi connectivity index (χ1v) is 8.57. The van der Waals surface area contributed by atoms with Gasteiger partial charge in [0.15, 0.2) is 5.60 Å². The van der Waals surface area contributed by atoms with E-state index in [1.165, 1.54) is 19.1 Å². The molecule has 0 unspecified atom stereocenters. The summed E-state index contributed by atoms with van der Waals surface area (Å²) in [5.41, 5.74) is -0.568. The zero-order chi connectivity index (χ0) is 18.2. The highest BCUT2D eigenvalue weighted by Gasteiger charge is 2.31. The monoisotopic (exact) mass is 348 g/mol. The van der Waals surface area contributed by atoms with E-state index in [0.717, 1.165) is 4.90 Å². The van der Waals surface area contributed by atoms with Gasteiger partial charge in [-0.15, -0.1) is 11.8 Å². The van der Waals surface area contributed by atoms with Crippen molar-refractivity contribution in [1.29, 1.82) is 0 Å². The molecular formula is C19H21FO3S. The maximum Gasteiger partial charge on any atom is 0.303 e. The molecule has 0 bridgehead atoms. The van der Waals surface area contributed by atoms with Crippen LogP contribution in [0.3, 0.4) is 0 Å². The molecule has 0 aliphatic heterocycles. The van der Waals surface area contributed by atoms with Crippen LogP contribution < -0.4 is 0 Å². The molecule has 0 N–H and O–H groups in total. The maximum atomic E-state index is 12.1. The Morgan fingerprint density at radius 2 is 1.54 bits per heavy atom. The Morgan fingerprint density at radius 1 is 1.00 bits per heavy atom. The van der Waals surface area contributed by atoms with E-state index < -0.39 is 11.6 Å². The van der Waals surface area contributed by atoms with Gasteiger partial charge in [0.25, 0.3) is 0 Å². The number of esters is 1. The first-order valence-electron chi connectivity index (χ1n) is 7.35. The van der Waals surface area contributed by atoms with E-state index in [2.05, 4.69) is 0 Å². The van der Waals surface area contributed by atoms with Crippen LogP contribution in [0.25, 0.3) is 0 Å². The first kappa shape index (κ1) is 19.9. The first-order chi connectivity index (χ1) is 11.3. The van der Waals surface area contributed by atoms with Crippen LogP contribution in [-0.2, 0) is 9.53 Å². The summed E-state index contributed by atoms with van der Waals surface area (Å²) in [6.45, 7) is 4.49. The molecule has 0 atom stereocenters. The highest BCUT2D eigenvalue weighted by molar-refractivity contribution is 7.98. The van der Waals surface area contributed by atoms with Crippen molar-refractivity contribution < 1.29 is 18.7 Å². The molecule has 0 fully saturated rings. The molecule has 0 radical (unpaired) electrons. The summed E-state index contributed by atoms with van der Waals surface area (Å²) in [5, 5.41) is 0. The van der Waals surface area contributed by atoms with Crippen molar-refractivity contribution in [2.24, 2.45) is 0 Å². The van der Waals surface area contributed by atoms with Crippen LogP contribution >= 0.6 is 11.8 Å². The zero-order valence-corrected chi connectivity index (χ0v) is 15.0. The molecule has 24 heavy (non-hydrogen) atoms. The minimum Gasteiger partial charge on any atom is -0.451 e. The molecule has 2 rings (SSSR count). The van der Waals surface area contributed by atoms with E-state index in [1.807, 2.05) is 18.4 Å². The Balaban J connectivity index is 0.000000341.